The fourth-order valence-corrected chi connectivity index (χ4v) is 2.95. The number of nitrogens with zero attached hydrogens (tertiary/aromatic N) is 2. The van der Waals surface area contributed by atoms with Gasteiger partial charge in [-0.2, -0.15) is 5.10 Å². The molecule has 5 nitrogen and oxygen atoms in total. The third kappa shape index (κ3) is 5.29. The van der Waals surface area contributed by atoms with E-state index in [-0.39, 0.29) is 5.78 Å². The van der Waals surface area contributed by atoms with Crippen molar-refractivity contribution in [3.63, 3.8) is 0 Å². The van der Waals surface area contributed by atoms with Crippen molar-refractivity contribution in [1.82, 2.24) is 9.78 Å². The summed E-state index contributed by atoms with van der Waals surface area (Å²) in [5.41, 5.74) is 2.43. The highest BCUT2D eigenvalue weighted by atomic mass is 35.5. The van der Waals surface area contributed by atoms with Gasteiger partial charge in [-0.25, -0.2) is 0 Å². The van der Waals surface area contributed by atoms with Crippen molar-refractivity contribution < 1.29 is 4.79 Å². The summed E-state index contributed by atoms with van der Waals surface area (Å²) in [5, 5.41) is 12.0. The van der Waals surface area contributed by atoms with Crippen LogP contribution in [0.4, 0.5) is 11.5 Å². The normalized spacial score (nSPS) is 10.5. The Balaban J connectivity index is 1.58. The van der Waals surface area contributed by atoms with E-state index < -0.39 is 0 Å². The van der Waals surface area contributed by atoms with E-state index in [9.17, 15) is 4.79 Å². The number of benzene rings is 2. The molecule has 0 amide bonds. The summed E-state index contributed by atoms with van der Waals surface area (Å²) < 4.78 is 1.77. The first-order valence-corrected chi connectivity index (χ1v) is 9.23. The first-order chi connectivity index (χ1) is 12.9. The van der Waals surface area contributed by atoms with E-state index in [4.69, 9.17) is 35.4 Å². The molecule has 0 atom stereocenters. The van der Waals surface area contributed by atoms with Gasteiger partial charge in [-0.1, -0.05) is 29.3 Å². The summed E-state index contributed by atoms with van der Waals surface area (Å²) >= 11 is 17.3. The largest absolute Gasteiger partial charge is 0.332 e. The second-order valence-electron chi connectivity index (χ2n) is 5.86. The van der Waals surface area contributed by atoms with Crippen LogP contribution in [0.15, 0.2) is 54.7 Å². The van der Waals surface area contributed by atoms with Gasteiger partial charge in [-0.3, -0.25) is 9.48 Å². The van der Waals surface area contributed by atoms with Gasteiger partial charge < -0.3 is 10.6 Å². The molecule has 0 bridgehead atoms. The molecule has 0 fully saturated rings. The molecule has 2 N–H and O–H groups in total. The van der Waals surface area contributed by atoms with Crippen LogP contribution in [0.2, 0.25) is 10.0 Å². The van der Waals surface area contributed by atoms with E-state index in [2.05, 4.69) is 15.7 Å². The first-order valence-electron chi connectivity index (χ1n) is 8.07. The number of thiocarbonyl (C=S) groups is 1. The molecule has 138 valence electrons. The summed E-state index contributed by atoms with van der Waals surface area (Å²) in [4.78, 5) is 11.3. The first kappa shape index (κ1) is 19.4. The number of hydrogen-bond acceptors (Lipinski definition) is 3. The molecule has 3 rings (SSSR count). The fraction of sp³-hybridized carbons (Fsp3) is 0.105. The lowest BCUT2D eigenvalue weighted by molar-refractivity contribution is 0.101. The highest BCUT2D eigenvalue weighted by molar-refractivity contribution is 7.80. The van der Waals surface area contributed by atoms with Gasteiger partial charge in [0.05, 0.1) is 16.6 Å². The molecule has 0 spiro atoms. The number of hydrogen-bond donors (Lipinski definition) is 2. The van der Waals surface area contributed by atoms with Crippen LogP contribution < -0.4 is 10.6 Å². The Kier molecular flexibility index (Phi) is 6.11. The average Bonchev–Trinajstić information content (AvgIpc) is 3.05. The molecular formula is C19H16Cl2N4OS. The number of rotatable bonds is 5. The topological polar surface area (TPSA) is 59.0 Å². The van der Waals surface area contributed by atoms with E-state index in [1.54, 1.807) is 35.0 Å². The Hall–Kier alpha value is -2.41. The Bertz CT molecular complexity index is 986. The van der Waals surface area contributed by atoms with Crippen LogP contribution in [-0.4, -0.2) is 20.7 Å². The van der Waals surface area contributed by atoms with E-state index in [0.717, 1.165) is 11.3 Å². The Morgan fingerprint density at radius 1 is 1.07 bits per heavy atom. The number of nitrogens with one attached hydrogen (secondary N) is 2. The van der Waals surface area contributed by atoms with Gasteiger partial charge >= 0.3 is 0 Å². The quantitative estimate of drug-likeness (QED) is 0.437. The van der Waals surface area contributed by atoms with Crippen LogP contribution in [0.5, 0.6) is 0 Å². The zero-order valence-corrected chi connectivity index (χ0v) is 16.7. The molecular weight excluding hydrogens is 403 g/mol. The molecule has 0 aliphatic heterocycles. The summed E-state index contributed by atoms with van der Waals surface area (Å²) in [6.45, 7) is 2.09. The average molecular weight is 419 g/mol. The second kappa shape index (κ2) is 8.52. The van der Waals surface area contributed by atoms with Crippen LogP contribution in [0.1, 0.15) is 22.8 Å². The third-order valence-corrected chi connectivity index (χ3v) is 4.70. The maximum Gasteiger partial charge on any atom is 0.176 e. The van der Waals surface area contributed by atoms with Gasteiger partial charge in [-0.05, 0) is 61.1 Å². The molecule has 27 heavy (non-hydrogen) atoms. The SMILES string of the molecule is CC(=O)c1ccc(NC(=S)Nc2ccn(Cc3ccc(Cl)c(Cl)c3)n2)cc1. The van der Waals surface area contributed by atoms with Gasteiger partial charge in [0.1, 0.15) is 0 Å². The van der Waals surface area contributed by atoms with Crippen LogP contribution in [0.25, 0.3) is 0 Å². The van der Waals surface area contributed by atoms with Crippen LogP contribution in [0.3, 0.4) is 0 Å². The van der Waals surface area contributed by atoms with Crippen LogP contribution in [-0.2, 0) is 6.54 Å². The molecule has 0 aliphatic carbocycles. The van der Waals surface area contributed by atoms with Crippen LogP contribution in [0, 0.1) is 0 Å². The predicted octanol–water partition coefficient (Wildman–Crippen LogP) is 5.25. The van der Waals surface area contributed by atoms with Crippen molar-refractivity contribution in [2.45, 2.75) is 13.5 Å². The second-order valence-corrected chi connectivity index (χ2v) is 7.08. The molecule has 1 heterocycles. The van der Waals surface area contributed by atoms with Gasteiger partial charge in [0.25, 0.3) is 0 Å². The highest BCUT2D eigenvalue weighted by Gasteiger charge is 2.05. The van der Waals surface area contributed by atoms with Crippen molar-refractivity contribution >= 4 is 57.8 Å². The maximum absolute atomic E-state index is 11.3. The highest BCUT2D eigenvalue weighted by Crippen LogP contribution is 2.23. The number of Topliss-reactive ketones (excluding diaryl/α,β-unsaturated/α-hetero) is 1. The van der Waals surface area contributed by atoms with Crippen molar-refractivity contribution in [3.05, 3.63) is 75.9 Å². The smallest absolute Gasteiger partial charge is 0.176 e. The summed E-state index contributed by atoms with van der Waals surface area (Å²) in [6.07, 6.45) is 1.84. The fourth-order valence-electron chi connectivity index (χ4n) is 2.41. The van der Waals surface area contributed by atoms with Gasteiger partial charge in [0.2, 0.25) is 0 Å². The molecule has 8 heteroatoms. The molecule has 0 radical (unpaired) electrons. The third-order valence-electron chi connectivity index (χ3n) is 3.76. The Morgan fingerprint density at radius 2 is 1.81 bits per heavy atom. The van der Waals surface area contributed by atoms with E-state index >= 15 is 0 Å². The lowest BCUT2D eigenvalue weighted by atomic mass is 10.1. The van der Waals surface area contributed by atoms with Crippen molar-refractivity contribution in [2.24, 2.45) is 0 Å². The van der Waals surface area contributed by atoms with Crippen molar-refractivity contribution in [3.8, 4) is 0 Å². The number of halogens is 2. The number of ketones is 1. The zero-order chi connectivity index (χ0) is 19.4. The maximum atomic E-state index is 11.3. The predicted molar refractivity (Wildman–Crippen MR) is 114 cm³/mol. The molecule has 0 aliphatic rings. The minimum absolute atomic E-state index is 0.0229. The molecule has 2 aromatic carbocycles. The van der Waals surface area contributed by atoms with E-state index in [0.29, 0.717) is 33.1 Å². The standard InChI is InChI=1S/C19H16Cl2N4OS/c1-12(26)14-3-5-15(6-4-14)22-19(27)23-18-8-9-25(24-18)11-13-2-7-16(20)17(21)10-13/h2-10H,11H2,1H3,(H2,22,23,24,27). The van der Waals surface area contributed by atoms with Crippen LogP contribution >= 0.6 is 35.4 Å². The van der Waals surface area contributed by atoms with Crippen molar-refractivity contribution in [1.29, 1.82) is 0 Å². The number of carbonyl (C=O) groups is 1. The lowest BCUT2D eigenvalue weighted by Crippen LogP contribution is -2.19. The monoisotopic (exact) mass is 418 g/mol. The van der Waals surface area contributed by atoms with E-state index in [1.807, 2.05) is 24.4 Å². The van der Waals surface area contributed by atoms with Gasteiger partial charge in [0, 0.05) is 23.5 Å². The molecule has 1 aromatic heterocycles. The van der Waals surface area contributed by atoms with E-state index in [1.165, 1.54) is 6.92 Å². The summed E-state index contributed by atoms with van der Waals surface area (Å²) in [6, 6.07) is 14.4. The summed E-state index contributed by atoms with van der Waals surface area (Å²) in [7, 11) is 0. The Morgan fingerprint density at radius 3 is 2.48 bits per heavy atom. The van der Waals surface area contributed by atoms with Gasteiger partial charge in [-0.15, -0.1) is 0 Å². The minimum atomic E-state index is 0.0229. The minimum Gasteiger partial charge on any atom is -0.332 e. The van der Waals surface area contributed by atoms with Gasteiger partial charge in [0.15, 0.2) is 16.7 Å². The summed E-state index contributed by atoms with van der Waals surface area (Å²) in [5.74, 6) is 0.641. The number of anilines is 2. The number of aromatic nitrogens is 2. The number of carbonyl (C=O) groups excluding carboxylic acids is 1. The van der Waals surface area contributed by atoms with Crippen molar-refractivity contribution in [2.75, 3.05) is 10.6 Å². The molecule has 3 aromatic rings. The zero-order valence-electron chi connectivity index (χ0n) is 14.4. The molecule has 0 unspecified atom stereocenters. The lowest BCUT2D eigenvalue weighted by Gasteiger charge is -2.09. The molecule has 0 saturated heterocycles. The molecule has 0 saturated carbocycles. The Labute approximate surface area is 172 Å².